The van der Waals surface area contributed by atoms with Crippen LogP contribution in [0.3, 0.4) is 0 Å². The van der Waals surface area contributed by atoms with E-state index in [0.29, 0.717) is 39.3 Å². The predicted octanol–water partition coefficient (Wildman–Crippen LogP) is 5.01. The highest BCUT2D eigenvalue weighted by atomic mass is 15.2. The Morgan fingerprint density at radius 3 is 1.56 bits per heavy atom. The molecular weight excluding hydrogens is 484 g/mol. The summed E-state index contributed by atoms with van der Waals surface area (Å²) in [7, 11) is 0. The average molecular weight is 519 g/mol. The van der Waals surface area contributed by atoms with E-state index in [1.54, 1.807) is 6.33 Å². The van der Waals surface area contributed by atoms with Gasteiger partial charge in [-0.2, -0.15) is 0 Å². The van der Waals surface area contributed by atoms with E-state index in [9.17, 15) is 0 Å². The highest BCUT2D eigenvalue weighted by Gasteiger charge is 2.18. The van der Waals surface area contributed by atoms with Crippen LogP contribution in [0.15, 0.2) is 91.5 Å². The molecule has 5 rings (SSSR count). The fraction of sp³-hybridized carbons (Fsp3) is 0.258. The van der Waals surface area contributed by atoms with E-state index < -0.39 is 0 Å². The Bertz CT molecular complexity index is 1360. The quantitative estimate of drug-likeness (QED) is 0.248. The standard InChI is InChI=1S/C31H34N8/c1-24-9-7-13-28(36-24)19-39(20-29-14-8-10-25(2)37-29)22-31-30(34-23-35-31)21-38(17-26-11-3-5-15-32-26)18-27-12-4-6-16-33-27/h3-16,23H,17-22H2,1-2H3,(H,34,35). The summed E-state index contributed by atoms with van der Waals surface area (Å²) in [6, 6.07) is 24.4. The normalized spacial score (nSPS) is 11.4. The maximum Gasteiger partial charge on any atom is 0.0926 e. The van der Waals surface area contributed by atoms with Crippen LogP contribution in [0.2, 0.25) is 0 Å². The van der Waals surface area contributed by atoms with Crippen molar-refractivity contribution in [2.45, 2.75) is 53.1 Å². The highest BCUT2D eigenvalue weighted by molar-refractivity contribution is 5.16. The van der Waals surface area contributed by atoms with Crippen molar-refractivity contribution in [1.82, 2.24) is 39.7 Å². The van der Waals surface area contributed by atoms with Crippen LogP contribution >= 0.6 is 0 Å². The van der Waals surface area contributed by atoms with Crippen molar-refractivity contribution in [3.63, 3.8) is 0 Å². The minimum Gasteiger partial charge on any atom is -0.347 e. The number of nitrogens with zero attached hydrogens (tertiary/aromatic N) is 7. The van der Waals surface area contributed by atoms with Crippen molar-refractivity contribution < 1.29 is 0 Å². The number of rotatable bonds is 12. The second-order valence-electron chi connectivity index (χ2n) is 9.80. The molecule has 0 fully saturated rings. The van der Waals surface area contributed by atoms with Gasteiger partial charge in [0.15, 0.2) is 0 Å². The number of hydrogen-bond acceptors (Lipinski definition) is 7. The van der Waals surface area contributed by atoms with Gasteiger partial charge in [0.05, 0.1) is 40.5 Å². The Morgan fingerprint density at radius 2 is 1.05 bits per heavy atom. The minimum absolute atomic E-state index is 0.672. The Morgan fingerprint density at radius 1 is 0.538 bits per heavy atom. The van der Waals surface area contributed by atoms with Crippen LogP contribution in [0.4, 0.5) is 0 Å². The van der Waals surface area contributed by atoms with Crippen molar-refractivity contribution in [2.75, 3.05) is 0 Å². The molecule has 0 aliphatic heterocycles. The van der Waals surface area contributed by atoms with Crippen molar-refractivity contribution in [3.8, 4) is 0 Å². The third-order valence-corrected chi connectivity index (χ3v) is 6.45. The van der Waals surface area contributed by atoms with E-state index in [0.717, 1.165) is 45.6 Å². The van der Waals surface area contributed by atoms with E-state index in [1.165, 1.54) is 0 Å². The summed E-state index contributed by atoms with van der Waals surface area (Å²) >= 11 is 0. The number of aromatic nitrogens is 6. The molecule has 0 aromatic carbocycles. The second kappa shape index (κ2) is 13.0. The number of aryl methyl sites for hydroxylation is 2. The first-order valence-electron chi connectivity index (χ1n) is 13.2. The molecule has 198 valence electrons. The Kier molecular flexibility index (Phi) is 8.78. The summed E-state index contributed by atoms with van der Waals surface area (Å²) in [5, 5.41) is 0. The molecule has 0 unspecified atom stereocenters. The Labute approximate surface area is 229 Å². The zero-order chi connectivity index (χ0) is 26.9. The van der Waals surface area contributed by atoms with Gasteiger partial charge in [0.2, 0.25) is 0 Å². The fourth-order valence-electron chi connectivity index (χ4n) is 4.67. The summed E-state index contributed by atoms with van der Waals surface area (Å²) in [4.78, 5) is 31.5. The molecular formula is C31H34N8. The van der Waals surface area contributed by atoms with Crippen LogP contribution in [0.5, 0.6) is 0 Å². The molecule has 0 aliphatic rings. The van der Waals surface area contributed by atoms with Crippen molar-refractivity contribution in [2.24, 2.45) is 0 Å². The fourth-order valence-corrected chi connectivity index (χ4v) is 4.67. The summed E-state index contributed by atoms with van der Waals surface area (Å²) < 4.78 is 0. The van der Waals surface area contributed by atoms with Gasteiger partial charge < -0.3 is 4.98 Å². The molecule has 1 N–H and O–H groups in total. The molecule has 8 nitrogen and oxygen atoms in total. The lowest BCUT2D eigenvalue weighted by Gasteiger charge is -2.24. The molecule has 0 spiro atoms. The van der Waals surface area contributed by atoms with E-state index in [2.05, 4.69) is 61.1 Å². The number of aromatic amines is 1. The number of pyridine rings is 4. The summed E-state index contributed by atoms with van der Waals surface area (Å²) in [6.07, 6.45) is 5.47. The van der Waals surface area contributed by atoms with Crippen molar-refractivity contribution in [1.29, 1.82) is 0 Å². The van der Waals surface area contributed by atoms with Gasteiger partial charge >= 0.3 is 0 Å². The molecule has 0 saturated carbocycles. The number of hydrogen-bond donors (Lipinski definition) is 1. The topological polar surface area (TPSA) is 86.7 Å². The minimum atomic E-state index is 0.672. The zero-order valence-electron chi connectivity index (χ0n) is 22.5. The monoisotopic (exact) mass is 518 g/mol. The molecule has 0 bridgehead atoms. The molecule has 8 heteroatoms. The van der Waals surface area contributed by atoms with Crippen LogP contribution in [0, 0.1) is 13.8 Å². The van der Waals surface area contributed by atoms with Crippen LogP contribution in [-0.4, -0.2) is 39.7 Å². The average Bonchev–Trinajstić information content (AvgIpc) is 3.36. The lowest BCUT2D eigenvalue weighted by Crippen LogP contribution is -2.27. The summed E-state index contributed by atoms with van der Waals surface area (Å²) in [6.45, 7) is 8.25. The smallest absolute Gasteiger partial charge is 0.0926 e. The molecule has 0 radical (unpaired) electrons. The first-order chi connectivity index (χ1) is 19.1. The molecule has 0 amide bonds. The molecule has 0 saturated heterocycles. The highest BCUT2D eigenvalue weighted by Crippen LogP contribution is 2.17. The van der Waals surface area contributed by atoms with Gasteiger partial charge in [-0.25, -0.2) is 4.98 Å². The zero-order valence-corrected chi connectivity index (χ0v) is 22.5. The van der Waals surface area contributed by atoms with Gasteiger partial charge in [-0.3, -0.25) is 29.7 Å². The van der Waals surface area contributed by atoms with Gasteiger partial charge in [0.25, 0.3) is 0 Å². The van der Waals surface area contributed by atoms with E-state index >= 15 is 0 Å². The van der Waals surface area contributed by atoms with Crippen LogP contribution in [0.25, 0.3) is 0 Å². The molecule has 5 aromatic rings. The molecule has 39 heavy (non-hydrogen) atoms. The lowest BCUT2D eigenvalue weighted by molar-refractivity contribution is 0.225. The first kappa shape index (κ1) is 26.3. The lowest BCUT2D eigenvalue weighted by atomic mass is 10.2. The van der Waals surface area contributed by atoms with Crippen molar-refractivity contribution in [3.05, 3.63) is 137 Å². The van der Waals surface area contributed by atoms with Crippen molar-refractivity contribution >= 4 is 0 Å². The third-order valence-electron chi connectivity index (χ3n) is 6.45. The van der Waals surface area contributed by atoms with Gasteiger partial charge in [-0.1, -0.05) is 24.3 Å². The number of imidazole rings is 1. The SMILES string of the molecule is Cc1cccc(CN(Cc2cccc(C)n2)Cc2[nH]cnc2CN(Cc2ccccn2)Cc2ccccn2)n1. The maximum atomic E-state index is 4.76. The van der Waals surface area contributed by atoms with Crippen LogP contribution in [-0.2, 0) is 39.3 Å². The summed E-state index contributed by atoms with van der Waals surface area (Å²) in [5.41, 5.74) is 8.24. The van der Waals surface area contributed by atoms with E-state index in [-0.39, 0.29) is 0 Å². The maximum absolute atomic E-state index is 4.76. The Hall–Kier alpha value is -4.27. The molecule has 5 heterocycles. The van der Waals surface area contributed by atoms with E-state index in [1.807, 2.05) is 62.6 Å². The van der Waals surface area contributed by atoms with Gasteiger partial charge in [0, 0.05) is 63.1 Å². The second-order valence-corrected chi connectivity index (χ2v) is 9.80. The third kappa shape index (κ3) is 7.86. The Balaban J connectivity index is 1.37. The molecule has 5 aromatic heterocycles. The van der Waals surface area contributed by atoms with Gasteiger partial charge in [-0.15, -0.1) is 0 Å². The van der Waals surface area contributed by atoms with Crippen LogP contribution in [0.1, 0.15) is 45.6 Å². The number of nitrogens with one attached hydrogen (secondary N) is 1. The van der Waals surface area contributed by atoms with Gasteiger partial charge in [-0.05, 0) is 62.4 Å². The summed E-state index contributed by atoms with van der Waals surface area (Å²) in [5.74, 6) is 0. The number of H-pyrrole nitrogens is 1. The van der Waals surface area contributed by atoms with Gasteiger partial charge in [0.1, 0.15) is 0 Å². The largest absolute Gasteiger partial charge is 0.347 e. The molecule has 0 atom stereocenters. The van der Waals surface area contributed by atoms with E-state index in [4.69, 9.17) is 15.0 Å². The molecule has 0 aliphatic carbocycles. The predicted molar refractivity (Wildman–Crippen MR) is 151 cm³/mol. The van der Waals surface area contributed by atoms with Crippen LogP contribution < -0.4 is 0 Å². The first-order valence-corrected chi connectivity index (χ1v) is 13.2.